The Morgan fingerprint density at radius 3 is 2.61 bits per heavy atom. The van der Waals surface area contributed by atoms with E-state index in [9.17, 15) is 4.79 Å². The molecule has 98 valence electrons. The SMILES string of the molecule is CC.COC(=O)c1cc(-c2c(C)cnn2C)cs1. The van der Waals surface area contributed by atoms with E-state index in [0.717, 1.165) is 16.8 Å². The van der Waals surface area contributed by atoms with Crippen LogP contribution in [0.5, 0.6) is 0 Å². The molecule has 0 aliphatic carbocycles. The van der Waals surface area contributed by atoms with Gasteiger partial charge in [-0.2, -0.15) is 5.10 Å². The van der Waals surface area contributed by atoms with E-state index < -0.39 is 0 Å². The molecule has 0 unspecified atom stereocenters. The highest BCUT2D eigenvalue weighted by atomic mass is 32.1. The van der Waals surface area contributed by atoms with Crippen molar-refractivity contribution < 1.29 is 9.53 Å². The van der Waals surface area contributed by atoms with Crippen LogP contribution in [0.3, 0.4) is 0 Å². The molecule has 4 nitrogen and oxygen atoms in total. The molecule has 18 heavy (non-hydrogen) atoms. The van der Waals surface area contributed by atoms with E-state index >= 15 is 0 Å². The molecule has 0 radical (unpaired) electrons. The third kappa shape index (κ3) is 2.79. The lowest BCUT2D eigenvalue weighted by Gasteiger charge is -1.99. The predicted octanol–water partition coefficient (Wildman–Crippen LogP) is 3.27. The molecule has 2 aromatic heterocycles. The minimum absolute atomic E-state index is 0.295. The van der Waals surface area contributed by atoms with Gasteiger partial charge in [-0.25, -0.2) is 4.79 Å². The third-order valence-corrected chi connectivity index (χ3v) is 3.29. The summed E-state index contributed by atoms with van der Waals surface area (Å²) in [6.45, 7) is 6.00. The van der Waals surface area contributed by atoms with Crippen molar-refractivity contribution in [3.05, 3.63) is 28.1 Å². The van der Waals surface area contributed by atoms with Crippen LogP contribution in [-0.2, 0) is 11.8 Å². The van der Waals surface area contributed by atoms with Gasteiger partial charge in [-0.3, -0.25) is 4.68 Å². The van der Waals surface area contributed by atoms with E-state index in [0.29, 0.717) is 4.88 Å². The first-order valence-electron chi connectivity index (χ1n) is 5.79. The summed E-state index contributed by atoms with van der Waals surface area (Å²) in [4.78, 5) is 11.9. The molecule has 2 aromatic rings. The van der Waals surface area contributed by atoms with Gasteiger partial charge < -0.3 is 4.74 Å². The molecule has 0 aliphatic heterocycles. The maximum Gasteiger partial charge on any atom is 0.348 e. The predicted molar refractivity (Wildman–Crippen MR) is 73.9 cm³/mol. The lowest BCUT2D eigenvalue weighted by molar-refractivity contribution is 0.0606. The molecule has 2 heterocycles. The number of carbonyl (C=O) groups excluding carboxylic acids is 1. The fourth-order valence-electron chi connectivity index (χ4n) is 1.63. The average Bonchev–Trinajstić information content (AvgIpc) is 2.98. The molecular weight excluding hydrogens is 248 g/mol. The molecule has 0 bridgehead atoms. The van der Waals surface area contributed by atoms with Crippen LogP contribution >= 0.6 is 11.3 Å². The van der Waals surface area contributed by atoms with Crippen molar-refractivity contribution in [2.24, 2.45) is 7.05 Å². The average molecular weight is 266 g/mol. The van der Waals surface area contributed by atoms with Crippen LogP contribution in [0.15, 0.2) is 17.6 Å². The van der Waals surface area contributed by atoms with Gasteiger partial charge >= 0.3 is 5.97 Å². The lowest BCUT2D eigenvalue weighted by atomic mass is 10.1. The smallest absolute Gasteiger partial charge is 0.348 e. The van der Waals surface area contributed by atoms with E-state index in [1.54, 1.807) is 4.68 Å². The van der Waals surface area contributed by atoms with Gasteiger partial charge in [-0.15, -0.1) is 11.3 Å². The summed E-state index contributed by atoms with van der Waals surface area (Å²) in [5, 5.41) is 6.11. The summed E-state index contributed by atoms with van der Waals surface area (Å²) in [6.07, 6.45) is 1.81. The van der Waals surface area contributed by atoms with Gasteiger partial charge in [0.25, 0.3) is 0 Å². The molecule has 0 N–H and O–H groups in total. The Morgan fingerprint density at radius 2 is 2.11 bits per heavy atom. The maximum absolute atomic E-state index is 11.3. The number of nitrogens with zero attached hydrogens (tertiary/aromatic N) is 2. The number of aryl methyl sites for hydroxylation is 2. The summed E-state index contributed by atoms with van der Waals surface area (Å²) in [5.74, 6) is -0.295. The molecule has 0 atom stereocenters. The summed E-state index contributed by atoms with van der Waals surface area (Å²) in [7, 11) is 3.27. The first kappa shape index (κ1) is 14.4. The first-order valence-corrected chi connectivity index (χ1v) is 6.67. The van der Waals surface area contributed by atoms with E-state index in [2.05, 4.69) is 9.84 Å². The summed E-state index contributed by atoms with van der Waals surface area (Å²) >= 11 is 1.38. The quantitative estimate of drug-likeness (QED) is 0.784. The first-order chi connectivity index (χ1) is 8.63. The Kier molecular flexibility index (Phi) is 5.09. The normalized spacial score (nSPS) is 9.61. The number of thiophene rings is 1. The standard InChI is InChI=1S/C11H12N2O2S.C2H6/c1-7-5-12-13(2)10(7)8-4-9(16-6-8)11(14)15-3;1-2/h4-6H,1-3H3;1-2H3. The van der Waals surface area contributed by atoms with Crippen molar-refractivity contribution in [2.75, 3.05) is 7.11 Å². The van der Waals surface area contributed by atoms with Crippen molar-refractivity contribution in [1.82, 2.24) is 9.78 Å². The van der Waals surface area contributed by atoms with Crippen LogP contribution in [0.25, 0.3) is 11.3 Å². The Hall–Kier alpha value is -1.62. The van der Waals surface area contributed by atoms with Crippen LogP contribution in [0, 0.1) is 6.92 Å². The van der Waals surface area contributed by atoms with Gasteiger partial charge in [-0.05, 0) is 18.6 Å². The molecule has 0 spiro atoms. The van der Waals surface area contributed by atoms with Crippen molar-refractivity contribution in [3.63, 3.8) is 0 Å². The molecule has 5 heteroatoms. The van der Waals surface area contributed by atoms with E-state index in [4.69, 9.17) is 0 Å². The highest BCUT2D eigenvalue weighted by molar-refractivity contribution is 7.12. The molecule has 0 aliphatic rings. The van der Waals surface area contributed by atoms with Crippen LogP contribution in [0.4, 0.5) is 0 Å². The molecule has 0 aromatic carbocycles. The molecule has 0 fully saturated rings. The van der Waals surface area contributed by atoms with Gasteiger partial charge in [0.05, 0.1) is 19.0 Å². The van der Waals surface area contributed by atoms with E-state index in [1.807, 2.05) is 45.5 Å². The van der Waals surface area contributed by atoms with E-state index in [1.165, 1.54) is 18.4 Å². The molecule has 0 amide bonds. The Balaban J connectivity index is 0.000000771. The summed E-state index contributed by atoms with van der Waals surface area (Å²) < 4.78 is 6.48. The fourth-order valence-corrected chi connectivity index (χ4v) is 2.44. The zero-order chi connectivity index (χ0) is 13.7. The van der Waals surface area contributed by atoms with Crippen molar-refractivity contribution >= 4 is 17.3 Å². The number of rotatable bonds is 2. The van der Waals surface area contributed by atoms with Crippen molar-refractivity contribution in [3.8, 4) is 11.3 Å². The minimum atomic E-state index is -0.295. The monoisotopic (exact) mass is 266 g/mol. The highest BCUT2D eigenvalue weighted by Crippen LogP contribution is 2.27. The number of esters is 1. The lowest BCUT2D eigenvalue weighted by Crippen LogP contribution is -1.97. The van der Waals surface area contributed by atoms with Gasteiger partial charge in [0.15, 0.2) is 0 Å². The maximum atomic E-state index is 11.3. The second kappa shape index (κ2) is 6.35. The molecule has 2 rings (SSSR count). The van der Waals surface area contributed by atoms with E-state index in [-0.39, 0.29) is 5.97 Å². The Bertz CT molecular complexity index is 509. The van der Waals surface area contributed by atoms with Crippen molar-refractivity contribution in [1.29, 1.82) is 0 Å². The van der Waals surface area contributed by atoms with Gasteiger partial charge in [0.2, 0.25) is 0 Å². The van der Waals surface area contributed by atoms with Gasteiger partial charge in [0, 0.05) is 18.0 Å². The second-order valence-corrected chi connectivity index (χ2v) is 4.40. The van der Waals surface area contributed by atoms with Crippen molar-refractivity contribution in [2.45, 2.75) is 20.8 Å². The highest BCUT2D eigenvalue weighted by Gasteiger charge is 2.13. The minimum Gasteiger partial charge on any atom is -0.465 e. The summed E-state index contributed by atoms with van der Waals surface area (Å²) in [6, 6.07) is 1.83. The number of ether oxygens (including phenoxy) is 1. The second-order valence-electron chi connectivity index (χ2n) is 3.49. The van der Waals surface area contributed by atoms with Gasteiger partial charge in [0.1, 0.15) is 4.88 Å². The van der Waals surface area contributed by atoms with Crippen LogP contribution < -0.4 is 0 Å². The van der Waals surface area contributed by atoms with Crippen LogP contribution in [-0.4, -0.2) is 22.9 Å². The Morgan fingerprint density at radius 1 is 1.44 bits per heavy atom. The number of methoxy groups -OCH3 is 1. The van der Waals surface area contributed by atoms with Crippen LogP contribution in [0.2, 0.25) is 0 Å². The zero-order valence-electron chi connectivity index (χ0n) is 11.4. The van der Waals surface area contributed by atoms with Crippen LogP contribution in [0.1, 0.15) is 29.1 Å². The third-order valence-electron chi connectivity index (χ3n) is 2.38. The summed E-state index contributed by atoms with van der Waals surface area (Å²) in [5.41, 5.74) is 3.13. The number of aromatic nitrogens is 2. The number of hydrogen-bond donors (Lipinski definition) is 0. The molecular formula is C13H18N2O2S. The Labute approximate surface area is 111 Å². The fraction of sp³-hybridized carbons (Fsp3) is 0.385. The van der Waals surface area contributed by atoms with Gasteiger partial charge in [-0.1, -0.05) is 13.8 Å². The molecule has 0 saturated heterocycles. The number of carbonyl (C=O) groups is 1. The molecule has 0 saturated carbocycles. The topological polar surface area (TPSA) is 44.1 Å². The number of hydrogen-bond acceptors (Lipinski definition) is 4. The zero-order valence-corrected chi connectivity index (χ0v) is 12.2. The largest absolute Gasteiger partial charge is 0.465 e.